The lowest BCUT2D eigenvalue weighted by Gasteiger charge is -2.12. The summed E-state index contributed by atoms with van der Waals surface area (Å²) >= 11 is 0. The Bertz CT molecular complexity index is 298. The van der Waals surface area contributed by atoms with Gasteiger partial charge < -0.3 is 19.4 Å². The van der Waals surface area contributed by atoms with Crippen molar-refractivity contribution in [3.8, 4) is 0 Å². The molecule has 1 N–H and O–H groups in total. The van der Waals surface area contributed by atoms with Gasteiger partial charge >= 0.3 is 11.9 Å². The van der Waals surface area contributed by atoms with Crippen molar-refractivity contribution < 1.29 is 29.0 Å². The molecule has 0 saturated carbocycles. The molecule has 90 valence electrons. The Balaban J connectivity index is 4.38. The summed E-state index contributed by atoms with van der Waals surface area (Å²) in [6.45, 7) is 3.93. The quantitative estimate of drug-likeness (QED) is 0.220. The molecule has 0 saturated heterocycles. The Labute approximate surface area is 92.3 Å². The van der Waals surface area contributed by atoms with Crippen LogP contribution >= 0.6 is 0 Å². The van der Waals surface area contributed by atoms with E-state index >= 15 is 0 Å². The van der Waals surface area contributed by atoms with Crippen molar-refractivity contribution in [2.75, 3.05) is 13.7 Å². The van der Waals surface area contributed by atoms with Crippen LogP contribution in [0, 0.1) is 0 Å². The molecule has 1 unspecified atom stereocenters. The van der Waals surface area contributed by atoms with Gasteiger partial charge in [0.15, 0.2) is 5.71 Å². The molecule has 0 aromatic heterocycles. The third-order valence-electron chi connectivity index (χ3n) is 1.30. The standard InChI is InChI=1S/C9H13NO6/c1-4-8(12)15-5-7(10-14-3)9(13)16-6(2)11/h4,9,13H,1,5H2,2-3H3. The zero-order valence-corrected chi connectivity index (χ0v) is 9.00. The van der Waals surface area contributed by atoms with E-state index in [0.29, 0.717) is 0 Å². The third-order valence-corrected chi connectivity index (χ3v) is 1.30. The predicted molar refractivity (Wildman–Crippen MR) is 53.4 cm³/mol. The van der Waals surface area contributed by atoms with Crippen LogP contribution < -0.4 is 0 Å². The van der Waals surface area contributed by atoms with Crippen LogP contribution in [-0.4, -0.2) is 42.8 Å². The first-order chi connectivity index (χ1) is 7.51. The average molecular weight is 231 g/mol. The van der Waals surface area contributed by atoms with Crippen LogP contribution in [0.4, 0.5) is 0 Å². The summed E-state index contributed by atoms with van der Waals surface area (Å²) in [6.07, 6.45) is -0.669. The van der Waals surface area contributed by atoms with Gasteiger partial charge in [0.05, 0.1) is 0 Å². The molecule has 0 rings (SSSR count). The van der Waals surface area contributed by atoms with Crippen LogP contribution in [0.3, 0.4) is 0 Å². The van der Waals surface area contributed by atoms with Crippen LogP contribution in [0.2, 0.25) is 0 Å². The molecule has 0 bridgehead atoms. The second-order valence-corrected chi connectivity index (χ2v) is 2.54. The molecule has 0 fully saturated rings. The molecule has 0 radical (unpaired) electrons. The Morgan fingerprint density at radius 3 is 2.62 bits per heavy atom. The number of aliphatic hydroxyl groups is 1. The lowest BCUT2D eigenvalue weighted by Crippen LogP contribution is -2.30. The van der Waals surface area contributed by atoms with Crippen LogP contribution in [0.1, 0.15) is 6.92 Å². The van der Waals surface area contributed by atoms with Crippen LogP contribution in [0.25, 0.3) is 0 Å². The summed E-state index contributed by atoms with van der Waals surface area (Å²) in [5.41, 5.74) is -0.145. The number of esters is 2. The molecule has 0 amide bonds. The van der Waals surface area contributed by atoms with E-state index in [1.165, 1.54) is 7.11 Å². The van der Waals surface area contributed by atoms with E-state index in [2.05, 4.69) is 26.0 Å². The number of nitrogens with zero attached hydrogens (tertiary/aromatic N) is 1. The molecule has 0 aliphatic carbocycles. The minimum absolute atomic E-state index is 0.145. The Kier molecular flexibility index (Phi) is 6.53. The zero-order chi connectivity index (χ0) is 12.6. The van der Waals surface area contributed by atoms with Gasteiger partial charge in [-0.3, -0.25) is 4.79 Å². The van der Waals surface area contributed by atoms with Gasteiger partial charge in [-0.15, -0.1) is 0 Å². The van der Waals surface area contributed by atoms with E-state index in [1.54, 1.807) is 0 Å². The minimum atomic E-state index is -1.62. The fourth-order valence-corrected chi connectivity index (χ4v) is 0.689. The minimum Gasteiger partial charge on any atom is -0.456 e. The third kappa shape index (κ3) is 5.76. The largest absolute Gasteiger partial charge is 0.456 e. The molecule has 0 spiro atoms. The number of hydrogen-bond acceptors (Lipinski definition) is 7. The van der Waals surface area contributed by atoms with Crippen LogP contribution in [0.5, 0.6) is 0 Å². The summed E-state index contributed by atoms with van der Waals surface area (Å²) in [5, 5.41) is 12.7. The summed E-state index contributed by atoms with van der Waals surface area (Å²) in [6, 6.07) is 0. The molecular weight excluding hydrogens is 218 g/mol. The molecule has 7 nitrogen and oxygen atoms in total. The highest BCUT2D eigenvalue weighted by molar-refractivity contribution is 5.92. The van der Waals surface area contributed by atoms with Gasteiger partial charge in [-0.25, -0.2) is 4.79 Å². The molecule has 0 aliphatic heterocycles. The Morgan fingerprint density at radius 1 is 1.56 bits per heavy atom. The van der Waals surface area contributed by atoms with Crippen LogP contribution in [0.15, 0.2) is 17.8 Å². The van der Waals surface area contributed by atoms with E-state index in [-0.39, 0.29) is 12.3 Å². The first-order valence-corrected chi connectivity index (χ1v) is 4.25. The van der Waals surface area contributed by atoms with Crippen molar-refractivity contribution in [3.05, 3.63) is 12.7 Å². The summed E-state index contributed by atoms with van der Waals surface area (Å²) in [7, 11) is 1.23. The Hall–Kier alpha value is -1.89. The summed E-state index contributed by atoms with van der Waals surface area (Å²) < 4.78 is 9.01. The molecule has 7 heteroatoms. The van der Waals surface area contributed by atoms with E-state index in [4.69, 9.17) is 0 Å². The Morgan fingerprint density at radius 2 is 2.19 bits per heavy atom. The average Bonchev–Trinajstić information content (AvgIpc) is 2.22. The highest BCUT2D eigenvalue weighted by Crippen LogP contribution is 1.96. The molecule has 0 aliphatic rings. The molecule has 0 heterocycles. The number of oxime groups is 1. The number of ether oxygens (including phenoxy) is 2. The fourth-order valence-electron chi connectivity index (χ4n) is 0.689. The van der Waals surface area contributed by atoms with E-state index in [9.17, 15) is 14.7 Å². The monoisotopic (exact) mass is 231 g/mol. The maximum Gasteiger partial charge on any atom is 0.330 e. The number of aliphatic hydroxyl groups excluding tert-OH is 1. The second-order valence-electron chi connectivity index (χ2n) is 2.54. The van der Waals surface area contributed by atoms with E-state index in [1.807, 2.05) is 0 Å². The lowest BCUT2D eigenvalue weighted by molar-refractivity contribution is -0.156. The fraction of sp³-hybridized carbons (Fsp3) is 0.444. The smallest absolute Gasteiger partial charge is 0.330 e. The first-order valence-electron chi connectivity index (χ1n) is 4.25. The van der Waals surface area contributed by atoms with Crippen molar-refractivity contribution in [2.24, 2.45) is 5.16 Å². The molecule has 0 aromatic rings. The lowest BCUT2D eigenvalue weighted by atomic mass is 10.4. The molecule has 1 atom stereocenters. The topological polar surface area (TPSA) is 94.4 Å². The van der Waals surface area contributed by atoms with E-state index < -0.39 is 18.2 Å². The molecule has 16 heavy (non-hydrogen) atoms. The van der Waals surface area contributed by atoms with Crippen molar-refractivity contribution in [1.82, 2.24) is 0 Å². The van der Waals surface area contributed by atoms with Gasteiger partial charge in [-0.2, -0.15) is 0 Å². The number of carbonyl (C=O) groups is 2. The van der Waals surface area contributed by atoms with Crippen molar-refractivity contribution >= 4 is 17.7 Å². The van der Waals surface area contributed by atoms with Crippen molar-refractivity contribution in [3.63, 3.8) is 0 Å². The number of hydrogen-bond donors (Lipinski definition) is 1. The normalized spacial score (nSPS) is 12.6. The van der Waals surface area contributed by atoms with Crippen molar-refractivity contribution in [2.45, 2.75) is 13.2 Å². The number of carbonyl (C=O) groups excluding carboxylic acids is 2. The second kappa shape index (κ2) is 7.41. The SMILES string of the molecule is C=CC(=O)OCC(=NOC)C(O)OC(C)=O. The predicted octanol–water partition coefficient (Wildman–Crippen LogP) is -0.401. The first kappa shape index (κ1) is 14.1. The zero-order valence-electron chi connectivity index (χ0n) is 9.00. The maximum atomic E-state index is 10.7. The highest BCUT2D eigenvalue weighted by Gasteiger charge is 2.18. The van der Waals surface area contributed by atoms with Crippen molar-refractivity contribution in [1.29, 1.82) is 0 Å². The van der Waals surface area contributed by atoms with Gasteiger partial charge in [0.1, 0.15) is 13.7 Å². The summed E-state index contributed by atoms with van der Waals surface area (Å²) in [4.78, 5) is 25.7. The van der Waals surface area contributed by atoms with Gasteiger partial charge in [-0.1, -0.05) is 11.7 Å². The molecular formula is C9H13NO6. The van der Waals surface area contributed by atoms with Crippen LogP contribution in [-0.2, 0) is 23.9 Å². The van der Waals surface area contributed by atoms with Gasteiger partial charge in [0.2, 0.25) is 6.29 Å². The maximum absolute atomic E-state index is 10.7. The molecule has 0 aromatic carbocycles. The number of rotatable bonds is 6. The highest BCUT2D eigenvalue weighted by atomic mass is 16.7. The summed E-state index contributed by atoms with van der Waals surface area (Å²) in [5.74, 6) is -1.40. The van der Waals surface area contributed by atoms with Gasteiger partial charge in [0.25, 0.3) is 0 Å². The van der Waals surface area contributed by atoms with Gasteiger partial charge in [0, 0.05) is 13.0 Å². The van der Waals surface area contributed by atoms with Gasteiger partial charge in [-0.05, 0) is 0 Å². The van der Waals surface area contributed by atoms with E-state index in [0.717, 1.165) is 13.0 Å².